The number of phosphoric acid groups is 2. The first-order valence-corrected chi connectivity index (χ1v) is 41.8. The number of hydrogen-bond donors (Lipinski definition) is 1. The molecule has 0 aliphatic heterocycles. The van der Waals surface area contributed by atoms with Gasteiger partial charge in [0, 0.05) is 25.7 Å². The number of carbonyl (C=O) groups excluding carboxylic acids is 4. The van der Waals surface area contributed by atoms with Gasteiger partial charge in [0.15, 0.2) is 12.2 Å². The van der Waals surface area contributed by atoms with Crippen molar-refractivity contribution in [3.05, 3.63) is 12.2 Å². The molecule has 21 heteroatoms. The van der Waals surface area contributed by atoms with E-state index in [1.807, 2.05) is 0 Å². The van der Waals surface area contributed by atoms with E-state index in [0.717, 1.165) is 108 Å². The number of unbranched alkanes of at least 4 members (excludes halogenated alkanes) is 41. The number of rotatable bonds is 73. The van der Waals surface area contributed by atoms with Crippen LogP contribution in [0.3, 0.4) is 0 Å². The van der Waals surface area contributed by atoms with Gasteiger partial charge < -0.3 is 51.9 Å². The molecule has 0 saturated heterocycles. The maximum Gasteiger partial charge on any atom is 1.00 e. The number of phosphoric ester groups is 2. The molecule has 96 heavy (non-hydrogen) atoms. The van der Waals surface area contributed by atoms with Crippen LogP contribution in [0.4, 0.5) is 0 Å². The first-order chi connectivity index (χ1) is 45.6. The summed E-state index contributed by atoms with van der Waals surface area (Å²) in [5, 5.41) is 10.6. The Morgan fingerprint density at radius 1 is 0.354 bits per heavy atom. The van der Waals surface area contributed by atoms with E-state index in [4.69, 9.17) is 37.0 Å². The van der Waals surface area contributed by atoms with Crippen molar-refractivity contribution in [1.82, 2.24) is 0 Å². The van der Waals surface area contributed by atoms with E-state index >= 15 is 0 Å². The predicted molar refractivity (Wildman–Crippen MR) is 375 cm³/mol. The van der Waals surface area contributed by atoms with E-state index in [1.165, 1.54) is 199 Å². The van der Waals surface area contributed by atoms with Crippen molar-refractivity contribution in [2.24, 2.45) is 11.8 Å². The molecule has 1 N–H and O–H groups in total. The summed E-state index contributed by atoms with van der Waals surface area (Å²) in [6, 6.07) is 0. The molecule has 1 rings (SSSR count). The molecule has 0 aromatic rings. The van der Waals surface area contributed by atoms with Gasteiger partial charge in [-0.2, -0.15) is 0 Å². The van der Waals surface area contributed by atoms with Crippen LogP contribution in [0.2, 0.25) is 0 Å². The molecule has 0 heterocycles. The summed E-state index contributed by atoms with van der Waals surface area (Å²) in [6.07, 6.45) is 57.6. The second-order valence-electron chi connectivity index (χ2n) is 27.2. The van der Waals surface area contributed by atoms with Gasteiger partial charge in [0.2, 0.25) is 0 Å². The van der Waals surface area contributed by atoms with Gasteiger partial charge >= 0.3 is 83.0 Å². The summed E-state index contributed by atoms with van der Waals surface area (Å²) >= 11 is 0. The maximum absolute atomic E-state index is 13.0. The van der Waals surface area contributed by atoms with Crippen molar-refractivity contribution in [3.8, 4) is 0 Å². The Labute approximate surface area is 630 Å². The molecule has 0 aromatic heterocycles. The van der Waals surface area contributed by atoms with Crippen LogP contribution >= 0.6 is 15.6 Å². The van der Waals surface area contributed by atoms with Crippen LogP contribution in [0, 0.1) is 11.8 Å². The molecule has 554 valence electrons. The fourth-order valence-electron chi connectivity index (χ4n) is 11.9. The number of ether oxygens (including phenoxy) is 4. The van der Waals surface area contributed by atoms with Crippen LogP contribution in [-0.4, -0.2) is 86.9 Å². The van der Waals surface area contributed by atoms with Crippen LogP contribution < -0.4 is 68.9 Å². The second-order valence-corrected chi connectivity index (χ2v) is 30.0. The van der Waals surface area contributed by atoms with E-state index < -0.39 is 97.5 Å². The normalized spacial score (nSPS) is 15.8. The Hall–Kier alpha value is -0.200. The molecule has 1 fully saturated rings. The molecular weight excluding hydrogens is 1280 g/mol. The number of aliphatic hydroxyl groups excluding tert-OH is 1. The third-order valence-electron chi connectivity index (χ3n) is 18.0. The molecular formula is C75H140Na2O17P2. The molecule has 0 spiro atoms. The number of hydrogen-bond acceptors (Lipinski definition) is 17. The smallest absolute Gasteiger partial charge is 0.756 e. The minimum atomic E-state index is -5.22. The monoisotopic (exact) mass is 1420 g/mol. The minimum Gasteiger partial charge on any atom is -0.756 e. The van der Waals surface area contributed by atoms with Gasteiger partial charge in [-0.3, -0.25) is 28.3 Å². The Kier molecular flexibility index (Phi) is 71.8. The van der Waals surface area contributed by atoms with E-state index in [2.05, 4.69) is 39.8 Å². The summed E-state index contributed by atoms with van der Waals surface area (Å²) in [4.78, 5) is 77.5. The largest absolute Gasteiger partial charge is 1.00 e. The van der Waals surface area contributed by atoms with Gasteiger partial charge in [-0.15, -0.1) is 0 Å². The van der Waals surface area contributed by atoms with Gasteiger partial charge in [-0.05, 0) is 69.6 Å². The standard InChI is InChI=1S/C75H142O17P2.2Na/c1-5-9-13-17-20-23-26-29-30-32-35-38-41-46-52-58-74(79)91-70(63-85-72(77)57-51-45-40-37-34-31-27-24-21-18-14-10-6-2)65-89-93(81,82)87-61-69(76)62-88-94(83,84)90-66-71(64-86-73(78)56-50-44-39-36-33-28-25-22-19-15-11-7-3)92-75(80)59-53-47-42-43-49-55-68-60-67(68)54-48-16-12-8-4;;/h29-30,67-71,76H,5-28,31-66H2,1-4H3,(H,81,82)(H,83,84);;/q;2*+1/p-2/b30-29+;;. The van der Waals surface area contributed by atoms with Crippen molar-refractivity contribution in [2.45, 2.75) is 393 Å². The van der Waals surface area contributed by atoms with Gasteiger partial charge in [0.05, 0.1) is 26.4 Å². The fourth-order valence-corrected chi connectivity index (χ4v) is 13.4. The van der Waals surface area contributed by atoms with Crippen LogP contribution in [-0.2, 0) is 65.4 Å². The Bertz CT molecular complexity index is 1920. The van der Waals surface area contributed by atoms with Crippen LogP contribution in [0.1, 0.15) is 374 Å². The van der Waals surface area contributed by atoms with Crippen LogP contribution in [0.15, 0.2) is 12.2 Å². The molecule has 0 radical (unpaired) electrons. The number of allylic oxidation sites excluding steroid dienone is 2. The first kappa shape index (κ1) is 97.9. The SMILES string of the molecule is CCCCCCCC/C=C/CCCCCCCC(=O)OC(COC(=O)CCCCCCCCCCCCCCC)COP(=O)([O-])OCC(O)COP(=O)([O-])OCC(COC(=O)CCCCCCCCCCCCCC)OC(=O)CCCCCCCC1CC1CCCCCC.[Na+].[Na+]. The average molecular weight is 1420 g/mol. The predicted octanol–water partition coefficient (Wildman–Crippen LogP) is 14.2. The molecule has 7 unspecified atom stereocenters. The molecule has 1 saturated carbocycles. The average Bonchev–Trinajstić information content (AvgIpc) is 1.70. The zero-order valence-electron chi connectivity index (χ0n) is 62.3. The molecule has 0 amide bonds. The summed E-state index contributed by atoms with van der Waals surface area (Å²) < 4.78 is 67.7. The molecule has 1 aliphatic rings. The summed E-state index contributed by atoms with van der Waals surface area (Å²) in [5.74, 6) is -0.447. The Balaban J connectivity index is 0. The number of carbonyl (C=O) groups is 4. The molecule has 0 bridgehead atoms. The van der Waals surface area contributed by atoms with Gasteiger partial charge in [0.25, 0.3) is 15.6 Å². The molecule has 17 nitrogen and oxygen atoms in total. The third kappa shape index (κ3) is 67.0. The molecule has 7 atom stereocenters. The first-order valence-electron chi connectivity index (χ1n) is 38.9. The van der Waals surface area contributed by atoms with Crippen molar-refractivity contribution in [3.63, 3.8) is 0 Å². The van der Waals surface area contributed by atoms with Crippen molar-refractivity contribution in [1.29, 1.82) is 0 Å². The van der Waals surface area contributed by atoms with Crippen molar-refractivity contribution >= 4 is 39.5 Å². The Morgan fingerprint density at radius 2 is 0.594 bits per heavy atom. The summed E-state index contributed by atoms with van der Waals surface area (Å²) in [5.41, 5.74) is 0. The molecule has 1 aliphatic carbocycles. The zero-order valence-corrected chi connectivity index (χ0v) is 68.1. The zero-order chi connectivity index (χ0) is 68.7. The summed E-state index contributed by atoms with van der Waals surface area (Å²) in [6.45, 7) is 4.57. The van der Waals surface area contributed by atoms with E-state index in [9.17, 15) is 43.2 Å². The van der Waals surface area contributed by atoms with Crippen LogP contribution in [0.5, 0.6) is 0 Å². The Morgan fingerprint density at radius 3 is 0.896 bits per heavy atom. The summed E-state index contributed by atoms with van der Waals surface area (Å²) in [7, 11) is -10.4. The van der Waals surface area contributed by atoms with Crippen molar-refractivity contribution < 1.29 is 139 Å². The molecule has 0 aromatic carbocycles. The van der Waals surface area contributed by atoms with Gasteiger partial charge in [-0.1, -0.05) is 303 Å². The fraction of sp³-hybridized carbons (Fsp3) is 0.920. The van der Waals surface area contributed by atoms with E-state index in [-0.39, 0.29) is 84.8 Å². The maximum atomic E-state index is 13.0. The van der Waals surface area contributed by atoms with Crippen LogP contribution in [0.25, 0.3) is 0 Å². The van der Waals surface area contributed by atoms with Gasteiger partial charge in [-0.25, -0.2) is 0 Å². The third-order valence-corrected chi connectivity index (χ3v) is 19.8. The van der Waals surface area contributed by atoms with E-state index in [1.54, 1.807) is 0 Å². The second kappa shape index (κ2) is 70.5. The quantitative estimate of drug-likeness (QED) is 0.0149. The topological polar surface area (TPSA) is 243 Å². The van der Waals surface area contributed by atoms with Gasteiger partial charge in [0.1, 0.15) is 19.3 Å². The minimum absolute atomic E-state index is 0. The number of esters is 4. The van der Waals surface area contributed by atoms with Crippen molar-refractivity contribution in [2.75, 3.05) is 39.6 Å². The van der Waals surface area contributed by atoms with E-state index in [0.29, 0.717) is 25.7 Å². The number of aliphatic hydroxyl groups is 1.